The third-order valence-electron chi connectivity index (χ3n) is 4.48. The summed E-state index contributed by atoms with van der Waals surface area (Å²) < 4.78 is 10.9. The van der Waals surface area contributed by atoms with Gasteiger partial charge in [-0.2, -0.15) is 0 Å². The SMILES string of the molecule is CN(Cc1ccccc1Cl)C(=NCC1CCOC1)NCCc1ccco1. The van der Waals surface area contributed by atoms with E-state index in [9.17, 15) is 0 Å². The van der Waals surface area contributed by atoms with Crippen LogP contribution in [-0.4, -0.2) is 44.2 Å². The Labute approximate surface area is 160 Å². The number of hydrogen-bond donors (Lipinski definition) is 1. The van der Waals surface area contributed by atoms with Gasteiger partial charge in [0.05, 0.1) is 12.9 Å². The van der Waals surface area contributed by atoms with E-state index < -0.39 is 0 Å². The zero-order chi connectivity index (χ0) is 18.2. The Hall–Kier alpha value is -1.98. The van der Waals surface area contributed by atoms with Crippen LogP contribution in [0.3, 0.4) is 0 Å². The van der Waals surface area contributed by atoms with Crippen molar-refractivity contribution in [1.82, 2.24) is 10.2 Å². The quantitative estimate of drug-likeness (QED) is 0.593. The van der Waals surface area contributed by atoms with Crippen LogP contribution in [0, 0.1) is 5.92 Å². The molecule has 1 aliphatic heterocycles. The second kappa shape index (κ2) is 9.64. The molecule has 0 bridgehead atoms. The molecule has 140 valence electrons. The number of nitrogens with one attached hydrogen (secondary N) is 1. The Morgan fingerprint density at radius 1 is 1.31 bits per heavy atom. The summed E-state index contributed by atoms with van der Waals surface area (Å²) >= 11 is 6.31. The first-order valence-electron chi connectivity index (χ1n) is 9.05. The Morgan fingerprint density at radius 3 is 2.92 bits per heavy atom. The maximum Gasteiger partial charge on any atom is 0.193 e. The lowest BCUT2D eigenvalue weighted by Crippen LogP contribution is -2.40. The van der Waals surface area contributed by atoms with Crippen LogP contribution >= 0.6 is 11.6 Å². The summed E-state index contributed by atoms with van der Waals surface area (Å²) in [4.78, 5) is 6.94. The summed E-state index contributed by atoms with van der Waals surface area (Å²) in [5.74, 6) is 2.35. The molecule has 0 saturated carbocycles. The zero-order valence-corrected chi connectivity index (χ0v) is 15.9. The molecule has 2 heterocycles. The fourth-order valence-electron chi connectivity index (χ4n) is 2.96. The van der Waals surface area contributed by atoms with Crippen LogP contribution in [0.2, 0.25) is 5.02 Å². The highest BCUT2D eigenvalue weighted by Gasteiger charge is 2.16. The van der Waals surface area contributed by atoms with Gasteiger partial charge in [-0.05, 0) is 30.2 Å². The number of nitrogens with zero attached hydrogens (tertiary/aromatic N) is 2. The van der Waals surface area contributed by atoms with E-state index in [1.807, 2.05) is 43.4 Å². The molecule has 3 rings (SSSR count). The monoisotopic (exact) mass is 375 g/mol. The molecule has 1 atom stereocenters. The first kappa shape index (κ1) is 18.8. The minimum absolute atomic E-state index is 0.505. The smallest absolute Gasteiger partial charge is 0.193 e. The molecule has 0 amide bonds. The minimum Gasteiger partial charge on any atom is -0.469 e. The molecule has 26 heavy (non-hydrogen) atoms. The zero-order valence-electron chi connectivity index (χ0n) is 15.2. The van der Waals surface area contributed by atoms with E-state index in [1.54, 1.807) is 6.26 Å². The van der Waals surface area contributed by atoms with Crippen LogP contribution in [0.15, 0.2) is 52.1 Å². The molecule has 1 aliphatic rings. The van der Waals surface area contributed by atoms with Gasteiger partial charge in [0.2, 0.25) is 0 Å². The van der Waals surface area contributed by atoms with Crippen LogP contribution in [0.25, 0.3) is 0 Å². The third-order valence-corrected chi connectivity index (χ3v) is 4.85. The first-order valence-corrected chi connectivity index (χ1v) is 9.43. The minimum atomic E-state index is 0.505. The number of hydrogen-bond acceptors (Lipinski definition) is 3. The van der Waals surface area contributed by atoms with Crippen molar-refractivity contribution in [3.63, 3.8) is 0 Å². The van der Waals surface area contributed by atoms with Gasteiger partial charge in [0.15, 0.2) is 5.96 Å². The number of guanidine groups is 1. The number of benzene rings is 1. The highest BCUT2D eigenvalue weighted by molar-refractivity contribution is 6.31. The molecule has 1 unspecified atom stereocenters. The van der Waals surface area contributed by atoms with Crippen LogP contribution < -0.4 is 5.32 Å². The van der Waals surface area contributed by atoms with Crippen molar-refractivity contribution in [1.29, 1.82) is 0 Å². The van der Waals surface area contributed by atoms with Crippen LogP contribution in [0.5, 0.6) is 0 Å². The summed E-state index contributed by atoms with van der Waals surface area (Å²) in [6.45, 7) is 3.89. The molecule has 0 spiro atoms. The van der Waals surface area contributed by atoms with E-state index >= 15 is 0 Å². The van der Waals surface area contributed by atoms with Crippen LogP contribution in [0.4, 0.5) is 0 Å². The molecule has 1 N–H and O–H groups in total. The highest BCUT2D eigenvalue weighted by Crippen LogP contribution is 2.17. The molecule has 0 radical (unpaired) electrons. The first-order chi connectivity index (χ1) is 12.7. The number of halogens is 1. The lowest BCUT2D eigenvalue weighted by molar-refractivity contribution is 0.187. The average molecular weight is 376 g/mol. The number of ether oxygens (including phenoxy) is 1. The van der Waals surface area contributed by atoms with Gasteiger partial charge in [-0.3, -0.25) is 4.99 Å². The maximum absolute atomic E-state index is 6.31. The van der Waals surface area contributed by atoms with Gasteiger partial charge in [0.25, 0.3) is 0 Å². The van der Waals surface area contributed by atoms with Crippen LogP contribution in [-0.2, 0) is 17.7 Å². The average Bonchev–Trinajstić information content (AvgIpc) is 3.33. The van der Waals surface area contributed by atoms with Gasteiger partial charge < -0.3 is 19.4 Å². The van der Waals surface area contributed by atoms with Crippen molar-refractivity contribution in [3.8, 4) is 0 Å². The standard InChI is InChI=1S/C20H26ClN3O2/c1-24(14-17-5-2-3-7-19(17)21)20(23-13-16-9-12-25-15-16)22-10-8-18-6-4-11-26-18/h2-7,11,16H,8-10,12-15H2,1H3,(H,22,23). The second-order valence-corrected chi connectivity index (χ2v) is 7.00. The number of rotatable bonds is 7. The van der Waals surface area contributed by atoms with Crippen molar-refractivity contribution < 1.29 is 9.15 Å². The lowest BCUT2D eigenvalue weighted by Gasteiger charge is -2.23. The van der Waals surface area contributed by atoms with Crippen molar-refractivity contribution in [2.75, 3.05) is 33.4 Å². The third kappa shape index (κ3) is 5.51. The number of aliphatic imine (C=N–C) groups is 1. The van der Waals surface area contributed by atoms with E-state index in [0.29, 0.717) is 12.5 Å². The van der Waals surface area contributed by atoms with Gasteiger partial charge >= 0.3 is 0 Å². The molecule has 5 nitrogen and oxygen atoms in total. The fraction of sp³-hybridized carbons (Fsp3) is 0.450. The van der Waals surface area contributed by atoms with E-state index in [-0.39, 0.29) is 0 Å². The molecule has 1 aromatic heterocycles. The topological polar surface area (TPSA) is 50.0 Å². The predicted molar refractivity (Wildman–Crippen MR) is 105 cm³/mol. The van der Waals surface area contributed by atoms with Crippen molar-refractivity contribution in [2.24, 2.45) is 10.9 Å². The van der Waals surface area contributed by atoms with E-state index in [4.69, 9.17) is 25.7 Å². The molecule has 1 saturated heterocycles. The van der Waals surface area contributed by atoms with Crippen molar-refractivity contribution in [3.05, 3.63) is 59.0 Å². The maximum atomic E-state index is 6.31. The predicted octanol–water partition coefficient (Wildman–Crippen LogP) is 3.59. The van der Waals surface area contributed by atoms with Gasteiger partial charge in [0, 0.05) is 50.7 Å². The van der Waals surface area contributed by atoms with Crippen molar-refractivity contribution in [2.45, 2.75) is 19.4 Å². The summed E-state index contributed by atoms with van der Waals surface area (Å²) in [5.41, 5.74) is 1.08. The molecular weight excluding hydrogens is 350 g/mol. The van der Waals surface area contributed by atoms with E-state index in [2.05, 4.69) is 10.2 Å². The highest BCUT2D eigenvalue weighted by atomic mass is 35.5. The Morgan fingerprint density at radius 2 is 2.19 bits per heavy atom. The fourth-order valence-corrected chi connectivity index (χ4v) is 3.16. The molecule has 2 aromatic rings. The Balaban J connectivity index is 1.62. The van der Waals surface area contributed by atoms with E-state index in [1.165, 1.54) is 0 Å². The van der Waals surface area contributed by atoms with Gasteiger partial charge in [-0.1, -0.05) is 29.8 Å². The lowest BCUT2D eigenvalue weighted by atomic mass is 10.1. The molecule has 6 heteroatoms. The molecular formula is C20H26ClN3O2. The molecule has 0 aliphatic carbocycles. The largest absolute Gasteiger partial charge is 0.469 e. The summed E-state index contributed by atoms with van der Waals surface area (Å²) in [6, 6.07) is 11.8. The molecule has 1 fully saturated rings. The Kier molecular flexibility index (Phi) is 6.97. The van der Waals surface area contributed by atoms with Gasteiger partial charge in [-0.15, -0.1) is 0 Å². The Bertz CT molecular complexity index is 697. The van der Waals surface area contributed by atoms with E-state index in [0.717, 1.165) is 61.5 Å². The second-order valence-electron chi connectivity index (χ2n) is 6.60. The van der Waals surface area contributed by atoms with Gasteiger partial charge in [-0.25, -0.2) is 0 Å². The summed E-state index contributed by atoms with van der Waals surface area (Å²) in [5, 5.41) is 4.23. The molecule has 1 aromatic carbocycles. The van der Waals surface area contributed by atoms with Crippen LogP contribution in [0.1, 0.15) is 17.7 Å². The normalized spacial score (nSPS) is 17.5. The van der Waals surface area contributed by atoms with Gasteiger partial charge in [0.1, 0.15) is 5.76 Å². The van der Waals surface area contributed by atoms with Crippen molar-refractivity contribution >= 4 is 17.6 Å². The number of furan rings is 1. The summed E-state index contributed by atoms with van der Waals surface area (Å²) in [6.07, 6.45) is 3.60. The summed E-state index contributed by atoms with van der Waals surface area (Å²) in [7, 11) is 2.03.